The third-order valence-corrected chi connectivity index (χ3v) is 3.67. The van der Waals surface area contributed by atoms with Crippen LogP contribution in [0.5, 0.6) is 0 Å². The van der Waals surface area contributed by atoms with E-state index in [1.807, 2.05) is 0 Å². The number of carbonyl (C=O) groups excluding carboxylic acids is 1. The van der Waals surface area contributed by atoms with Gasteiger partial charge in [0.15, 0.2) is 0 Å². The molecule has 0 radical (unpaired) electrons. The molecule has 0 aromatic heterocycles. The van der Waals surface area contributed by atoms with Crippen LogP contribution in [-0.4, -0.2) is 29.8 Å². The van der Waals surface area contributed by atoms with Gasteiger partial charge in [0.1, 0.15) is 5.78 Å². The third kappa shape index (κ3) is 3.67. The lowest BCUT2D eigenvalue weighted by Gasteiger charge is -2.31. The average molecular weight is 231 g/mol. The van der Waals surface area contributed by atoms with Crippen molar-refractivity contribution in [2.45, 2.75) is 38.6 Å². The Balaban J connectivity index is 1.77. The van der Waals surface area contributed by atoms with Crippen molar-refractivity contribution in [1.29, 1.82) is 0 Å². The minimum absolute atomic E-state index is 0.427. The first-order valence-corrected chi connectivity index (χ1v) is 6.55. The van der Waals surface area contributed by atoms with Gasteiger partial charge in [-0.15, -0.1) is 0 Å². The Morgan fingerprint density at radius 2 is 1.82 bits per heavy atom. The molecule has 1 saturated heterocycles. The molecule has 1 aliphatic heterocycles. The predicted molar refractivity (Wildman–Crippen MR) is 70.0 cm³/mol. The lowest BCUT2D eigenvalue weighted by Crippen LogP contribution is -2.40. The number of likely N-dealkylation sites (tertiary alicyclic amines) is 1. The second-order valence-electron chi connectivity index (χ2n) is 4.95. The van der Waals surface area contributed by atoms with Crippen molar-refractivity contribution in [1.82, 2.24) is 4.90 Å². The molecule has 17 heavy (non-hydrogen) atoms. The number of hydrogen-bond donors (Lipinski definition) is 0. The highest BCUT2D eigenvalue weighted by Crippen LogP contribution is 2.14. The predicted octanol–water partition coefficient (Wildman–Crippen LogP) is 2.67. The van der Waals surface area contributed by atoms with E-state index in [0.717, 1.165) is 32.4 Å². The second kappa shape index (κ2) is 5.97. The van der Waals surface area contributed by atoms with E-state index >= 15 is 0 Å². The Hall–Kier alpha value is -1.15. The van der Waals surface area contributed by atoms with Gasteiger partial charge in [0, 0.05) is 32.0 Å². The molecule has 1 fully saturated rings. The largest absolute Gasteiger partial charge is 0.300 e. The molecule has 92 valence electrons. The molecule has 1 aromatic rings. The Bertz CT molecular complexity index is 350. The summed E-state index contributed by atoms with van der Waals surface area (Å²) in [6, 6.07) is 11.2. The summed E-state index contributed by atoms with van der Waals surface area (Å²) in [6.07, 6.45) is 3.80. The normalized spacial score (nSPS) is 19.2. The Kier molecular flexibility index (Phi) is 4.32. The van der Waals surface area contributed by atoms with Crippen molar-refractivity contribution < 1.29 is 4.79 Å². The first-order chi connectivity index (χ1) is 8.25. The van der Waals surface area contributed by atoms with Crippen LogP contribution in [0, 0.1) is 0 Å². The molecule has 0 spiro atoms. The minimum atomic E-state index is 0.427. The monoisotopic (exact) mass is 231 g/mol. The van der Waals surface area contributed by atoms with Gasteiger partial charge in [-0.25, -0.2) is 0 Å². The van der Waals surface area contributed by atoms with E-state index in [9.17, 15) is 4.79 Å². The molecule has 0 saturated carbocycles. The van der Waals surface area contributed by atoms with E-state index in [2.05, 4.69) is 42.2 Å². The van der Waals surface area contributed by atoms with Gasteiger partial charge in [0.2, 0.25) is 0 Å². The molecule has 1 atom stereocenters. The molecule has 0 N–H and O–H groups in total. The molecule has 0 aliphatic carbocycles. The van der Waals surface area contributed by atoms with Crippen LogP contribution in [0.15, 0.2) is 30.3 Å². The fourth-order valence-corrected chi connectivity index (χ4v) is 2.42. The fraction of sp³-hybridized carbons (Fsp3) is 0.533. The summed E-state index contributed by atoms with van der Waals surface area (Å²) in [4.78, 5) is 13.6. The quantitative estimate of drug-likeness (QED) is 0.794. The first kappa shape index (κ1) is 12.3. The van der Waals surface area contributed by atoms with Crippen molar-refractivity contribution in [2.75, 3.05) is 13.1 Å². The molecule has 0 bridgehead atoms. The van der Waals surface area contributed by atoms with Gasteiger partial charge in [-0.2, -0.15) is 0 Å². The van der Waals surface area contributed by atoms with Gasteiger partial charge >= 0.3 is 0 Å². The maximum absolute atomic E-state index is 11.2. The molecule has 1 unspecified atom stereocenters. The summed E-state index contributed by atoms with van der Waals surface area (Å²) in [6.45, 7) is 4.18. The van der Waals surface area contributed by atoms with Crippen LogP contribution in [0.25, 0.3) is 0 Å². The summed E-state index contributed by atoms with van der Waals surface area (Å²) in [5.41, 5.74) is 1.41. The number of carbonyl (C=O) groups is 1. The van der Waals surface area contributed by atoms with Crippen LogP contribution in [0.2, 0.25) is 0 Å². The van der Waals surface area contributed by atoms with Gasteiger partial charge in [-0.3, -0.25) is 9.69 Å². The van der Waals surface area contributed by atoms with Gasteiger partial charge in [-0.05, 0) is 25.3 Å². The van der Waals surface area contributed by atoms with Crippen molar-refractivity contribution >= 4 is 5.78 Å². The molecule has 0 amide bonds. The molecule has 1 aliphatic rings. The van der Waals surface area contributed by atoms with Crippen molar-refractivity contribution in [2.24, 2.45) is 0 Å². The molecule has 1 aromatic carbocycles. The van der Waals surface area contributed by atoms with Crippen LogP contribution in [0.1, 0.15) is 31.7 Å². The number of ketones is 1. The zero-order valence-electron chi connectivity index (χ0n) is 10.6. The molecular formula is C15H21NO. The number of rotatable bonds is 4. The number of hydrogen-bond acceptors (Lipinski definition) is 2. The van der Waals surface area contributed by atoms with Crippen LogP contribution in [0.4, 0.5) is 0 Å². The lowest BCUT2D eigenvalue weighted by atomic mass is 10.0. The van der Waals surface area contributed by atoms with Crippen LogP contribution >= 0.6 is 0 Å². The van der Waals surface area contributed by atoms with E-state index in [1.165, 1.54) is 12.0 Å². The van der Waals surface area contributed by atoms with Gasteiger partial charge < -0.3 is 0 Å². The topological polar surface area (TPSA) is 20.3 Å². The summed E-state index contributed by atoms with van der Waals surface area (Å²) < 4.78 is 0. The van der Waals surface area contributed by atoms with Gasteiger partial charge in [0.25, 0.3) is 0 Å². The zero-order valence-corrected chi connectivity index (χ0v) is 10.6. The van der Waals surface area contributed by atoms with E-state index < -0.39 is 0 Å². The molecular weight excluding hydrogens is 210 g/mol. The molecule has 1 heterocycles. The van der Waals surface area contributed by atoms with E-state index in [-0.39, 0.29) is 0 Å². The van der Waals surface area contributed by atoms with Gasteiger partial charge in [-0.1, -0.05) is 30.3 Å². The van der Waals surface area contributed by atoms with Gasteiger partial charge in [0.05, 0.1) is 0 Å². The highest BCUT2D eigenvalue weighted by Gasteiger charge is 2.20. The summed E-state index contributed by atoms with van der Waals surface area (Å²) in [5, 5.41) is 0. The van der Waals surface area contributed by atoms with Crippen LogP contribution < -0.4 is 0 Å². The smallest absolute Gasteiger partial charge is 0.135 e. The van der Waals surface area contributed by atoms with Crippen molar-refractivity contribution in [3.63, 3.8) is 0 Å². The number of nitrogens with zero attached hydrogens (tertiary/aromatic N) is 1. The summed E-state index contributed by atoms with van der Waals surface area (Å²) >= 11 is 0. The van der Waals surface area contributed by atoms with E-state index in [1.54, 1.807) is 0 Å². The van der Waals surface area contributed by atoms with Crippen LogP contribution in [-0.2, 0) is 11.2 Å². The van der Waals surface area contributed by atoms with Crippen molar-refractivity contribution in [3.8, 4) is 0 Å². The summed E-state index contributed by atoms with van der Waals surface area (Å²) in [5.74, 6) is 0.427. The van der Waals surface area contributed by atoms with E-state index in [0.29, 0.717) is 11.8 Å². The molecule has 2 nitrogen and oxygen atoms in total. The highest BCUT2D eigenvalue weighted by atomic mass is 16.1. The number of Topliss-reactive ketones (excluding diaryl/α,β-unsaturated/α-hetero) is 1. The number of aryl methyl sites for hydroxylation is 1. The highest BCUT2D eigenvalue weighted by molar-refractivity contribution is 5.79. The minimum Gasteiger partial charge on any atom is -0.300 e. The zero-order chi connectivity index (χ0) is 12.1. The first-order valence-electron chi connectivity index (χ1n) is 6.55. The Morgan fingerprint density at radius 1 is 1.18 bits per heavy atom. The summed E-state index contributed by atoms with van der Waals surface area (Å²) in [7, 11) is 0. The standard InChI is InChI=1S/C15H21NO/c1-13(16-11-9-15(17)10-12-16)7-8-14-5-3-2-4-6-14/h2-6,13H,7-12H2,1H3. The van der Waals surface area contributed by atoms with Crippen LogP contribution in [0.3, 0.4) is 0 Å². The SMILES string of the molecule is CC(CCc1ccccc1)N1CCC(=O)CC1. The number of benzene rings is 1. The maximum atomic E-state index is 11.2. The average Bonchev–Trinajstić information content (AvgIpc) is 2.38. The Morgan fingerprint density at radius 3 is 2.47 bits per heavy atom. The second-order valence-corrected chi connectivity index (χ2v) is 4.95. The van der Waals surface area contributed by atoms with E-state index in [4.69, 9.17) is 0 Å². The lowest BCUT2D eigenvalue weighted by molar-refractivity contribution is -0.121. The third-order valence-electron chi connectivity index (χ3n) is 3.67. The Labute approximate surface area is 104 Å². The maximum Gasteiger partial charge on any atom is 0.135 e. The molecule has 2 rings (SSSR count). The molecule has 2 heteroatoms. The fourth-order valence-electron chi connectivity index (χ4n) is 2.42. The van der Waals surface area contributed by atoms with Crippen molar-refractivity contribution in [3.05, 3.63) is 35.9 Å². The number of piperidine rings is 1.